The van der Waals surface area contributed by atoms with Crippen LogP contribution in [0.25, 0.3) is 10.8 Å². The van der Waals surface area contributed by atoms with E-state index in [1.807, 2.05) is 0 Å². The zero-order chi connectivity index (χ0) is 12.4. The van der Waals surface area contributed by atoms with E-state index in [0.717, 1.165) is 19.6 Å². The first kappa shape index (κ1) is 11.7. The van der Waals surface area contributed by atoms with E-state index in [-0.39, 0.29) is 6.10 Å². The summed E-state index contributed by atoms with van der Waals surface area (Å²) in [6.07, 6.45) is 1.27. The Hall–Kier alpha value is -1.38. The Morgan fingerprint density at radius 2 is 1.94 bits per heavy atom. The Balaban J connectivity index is 1.89. The summed E-state index contributed by atoms with van der Waals surface area (Å²) < 4.78 is 5.95. The molecule has 2 atom stereocenters. The van der Waals surface area contributed by atoms with Crippen molar-refractivity contribution in [3.8, 4) is 0 Å². The lowest BCUT2D eigenvalue weighted by Gasteiger charge is -2.16. The van der Waals surface area contributed by atoms with Gasteiger partial charge in [0.05, 0.1) is 6.10 Å². The smallest absolute Gasteiger partial charge is 0.0949 e. The van der Waals surface area contributed by atoms with E-state index < -0.39 is 0 Å². The van der Waals surface area contributed by atoms with Crippen molar-refractivity contribution in [1.29, 1.82) is 0 Å². The third kappa shape index (κ3) is 2.40. The maximum atomic E-state index is 5.95. The van der Waals surface area contributed by atoms with Crippen molar-refractivity contribution >= 4 is 10.8 Å². The maximum absolute atomic E-state index is 5.95. The van der Waals surface area contributed by atoms with Gasteiger partial charge in [-0.3, -0.25) is 0 Å². The van der Waals surface area contributed by atoms with E-state index in [1.165, 1.54) is 16.3 Å². The summed E-state index contributed by atoms with van der Waals surface area (Å²) in [4.78, 5) is 0. The molecule has 0 bridgehead atoms. The van der Waals surface area contributed by atoms with Crippen molar-refractivity contribution in [2.24, 2.45) is 0 Å². The second-order valence-electron chi connectivity index (χ2n) is 5.06. The van der Waals surface area contributed by atoms with Gasteiger partial charge >= 0.3 is 0 Å². The summed E-state index contributed by atoms with van der Waals surface area (Å²) >= 11 is 0. The molecule has 0 aliphatic carbocycles. The van der Waals surface area contributed by atoms with Gasteiger partial charge < -0.3 is 10.1 Å². The first-order valence-corrected chi connectivity index (χ1v) is 6.66. The maximum Gasteiger partial charge on any atom is 0.0949 e. The van der Waals surface area contributed by atoms with Crippen LogP contribution in [0.5, 0.6) is 0 Å². The Labute approximate surface area is 108 Å². The molecule has 94 valence electrons. The van der Waals surface area contributed by atoms with Crippen molar-refractivity contribution in [2.45, 2.75) is 25.5 Å². The fourth-order valence-electron chi connectivity index (χ4n) is 2.48. The molecular formula is C16H19NO. The molecule has 0 aromatic heterocycles. The van der Waals surface area contributed by atoms with Crippen molar-refractivity contribution in [2.75, 3.05) is 13.2 Å². The quantitative estimate of drug-likeness (QED) is 0.827. The van der Waals surface area contributed by atoms with Gasteiger partial charge in [-0.15, -0.1) is 0 Å². The largest absolute Gasteiger partial charge is 0.372 e. The fraction of sp³-hybridized carbons (Fsp3) is 0.375. The minimum Gasteiger partial charge on any atom is -0.372 e. The van der Waals surface area contributed by atoms with E-state index in [0.29, 0.717) is 6.04 Å². The first-order valence-electron chi connectivity index (χ1n) is 6.66. The normalized spacial score (nSPS) is 24.9. The van der Waals surface area contributed by atoms with Crippen LogP contribution in [0.2, 0.25) is 0 Å². The highest BCUT2D eigenvalue weighted by atomic mass is 16.5. The Kier molecular flexibility index (Phi) is 3.31. The summed E-state index contributed by atoms with van der Waals surface area (Å²) in [5.74, 6) is 0. The molecule has 0 amide bonds. The molecule has 2 aromatic rings. The van der Waals surface area contributed by atoms with Crippen LogP contribution in [0.15, 0.2) is 42.5 Å². The molecule has 2 unspecified atom stereocenters. The molecule has 0 spiro atoms. The van der Waals surface area contributed by atoms with Crippen LogP contribution in [0.4, 0.5) is 0 Å². The minimum atomic E-state index is 0.180. The molecule has 1 saturated heterocycles. The zero-order valence-corrected chi connectivity index (χ0v) is 10.7. The van der Waals surface area contributed by atoms with E-state index in [2.05, 4.69) is 54.7 Å². The van der Waals surface area contributed by atoms with Gasteiger partial charge in [0.1, 0.15) is 0 Å². The number of rotatable bonds is 1. The van der Waals surface area contributed by atoms with E-state index in [1.54, 1.807) is 0 Å². The van der Waals surface area contributed by atoms with Crippen LogP contribution in [0, 0.1) is 0 Å². The third-order valence-corrected chi connectivity index (χ3v) is 3.67. The second-order valence-corrected chi connectivity index (χ2v) is 5.06. The summed E-state index contributed by atoms with van der Waals surface area (Å²) in [5.41, 5.74) is 1.27. The Bertz CT molecular complexity index is 537. The molecule has 1 aliphatic heterocycles. The molecule has 2 heteroatoms. The van der Waals surface area contributed by atoms with Crippen molar-refractivity contribution in [3.05, 3.63) is 48.0 Å². The van der Waals surface area contributed by atoms with Gasteiger partial charge in [-0.2, -0.15) is 0 Å². The molecule has 1 heterocycles. The Morgan fingerprint density at radius 1 is 1.11 bits per heavy atom. The topological polar surface area (TPSA) is 21.3 Å². The molecule has 0 saturated carbocycles. The number of hydrogen-bond donors (Lipinski definition) is 1. The summed E-state index contributed by atoms with van der Waals surface area (Å²) in [6, 6.07) is 15.6. The average molecular weight is 241 g/mol. The van der Waals surface area contributed by atoms with Gasteiger partial charge in [0.2, 0.25) is 0 Å². The van der Waals surface area contributed by atoms with Gasteiger partial charge in [0.25, 0.3) is 0 Å². The highest BCUT2D eigenvalue weighted by Crippen LogP contribution is 2.24. The molecule has 3 rings (SSSR count). The van der Waals surface area contributed by atoms with Gasteiger partial charge in [0, 0.05) is 19.2 Å². The molecular weight excluding hydrogens is 222 g/mol. The average Bonchev–Trinajstić information content (AvgIpc) is 2.63. The number of ether oxygens (including phenoxy) is 1. The first-order chi connectivity index (χ1) is 8.83. The predicted octanol–water partition coefficient (Wildman–Crippen LogP) is 3.28. The minimum absolute atomic E-state index is 0.180. The summed E-state index contributed by atoms with van der Waals surface area (Å²) in [5, 5.41) is 6.09. The van der Waals surface area contributed by atoms with Crippen LogP contribution in [-0.4, -0.2) is 19.2 Å². The number of nitrogens with one attached hydrogen (secondary N) is 1. The lowest BCUT2D eigenvalue weighted by Crippen LogP contribution is -2.27. The third-order valence-electron chi connectivity index (χ3n) is 3.67. The molecule has 18 heavy (non-hydrogen) atoms. The molecule has 1 fully saturated rings. The van der Waals surface area contributed by atoms with E-state index >= 15 is 0 Å². The van der Waals surface area contributed by atoms with Crippen molar-refractivity contribution in [3.63, 3.8) is 0 Å². The van der Waals surface area contributed by atoms with Crippen LogP contribution >= 0.6 is 0 Å². The van der Waals surface area contributed by atoms with Gasteiger partial charge in [-0.25, -0.2) is 0 Å². The SMILES string of the molecule is CC1CCOC(c2ccc3ccccc3c2)CN1. The summed E-state index contributed by atoms with van der Waals surface area (Å²) in [7, 11) is 0. The van der Waals surface area contributed by atoms with Crippen LogP contribution in [0.1, 0.15) is 25.0 Å². The monoisotopic (exact) mass is 241 g/mol. The summed E-state index contributed by atoms with van der Waals surface area (Å²) in [6.45, 7) is 3.96. The van der Waals surface area contributed by atoms with Crippen LogP contribution < -0.4 is 5.32 Å². The lowest BCUT2D eigenvalue weighted by molar-refractivity contribution is 0.0665. The van der Waals surface area contributed by atoms with E-state index in [9.17, 15) is 0 Å². The van der Waals surface area contributed by atoms with Gasteiger partial charge in [0.15, 0.2) is 0 Å². The van der Waals surface area contributed by atoms with Gasteiger partial charge in [-0.05, 0) is 35.7 Å². The van der Waals surface area contributed by atoms with E-state index in [4.69, 9.17) is 4.74 Å². The number of fused-ring (bicyclic) bond motifs is 1. The molecule has 1 N–H and O–H groups in total. The Morgan fingerprint density at radius 3 is 2.83 bits per heavy atom. The van der Waals surface area contributed by atoms with Crippen molar-refractivity contribution < 1.29 is 4.74 Å². The highest BCUT2D eigenvalue weighted by molar-refractivity contribution is 5.83. The van der Waals surface area contributed by atoms with Gasteiger partial charge in [-0.1, -0.05) is 36.4 Å². The highest BCUT2D eigenvalue weighted by Gasteiger charge is 2.17. The standard InChI is InChI=1S/C16H19NO/c1-12-8-9-18-16(11-17-12)15-7-6-13-4-2-3-5-14(13)10-15/h2-7,10,12,16-17H,8-9,11H2,1H3. The molecule has 2 aromatic carbocycles. The van der Waals surface area contributed by atoms with Crippen LogP contribution in [0.3, 0.4) is 0 Å². The molecule has 2 nitrogen and oxygen atoms in total. The number of benzene rings is 2. The zero-order valence-electron chi connectivity index (χ0n) is 10.7. The predicted molar refractivity (Wildman–Crippen MR) is 74.7 cm³/mol. The number of hydrogen-bond acceptors (Lipinski definition) is 2. The molecule has 0 radical (unpaired) electrons. The lowest BCUT2D eigenvalue weighted by atomic mass is 10.0. The van der Waals surface area contributed by atoms with Crippen molar-refractivity contribution in [1.82, 2.24) is 5.32 Å². The fourth-order valence-corrected chi connectivity index (χ4v) is 2.48. The van der Waals surface area contributed by atoms with Crippen LogP contribution in [-0.2, 0) is 4.74 Å². The second kappa shape index (κ2) is 5.09. The molecule has 1 aliphatic rings.